The minimum Gasteiger partial charge on any atom is -0.436 e. The fourth-order valence-electron chi connectivity index (χ4n) is 6.99. The summed E-state index contributed by atoms with van der Waals surface area (Å²) >= 11 is 0. The standard InChI is InChI=1S/C36H38N6O6/c1-23-19-24(20-30-32(23)39-35(45)47-30)21-31(33(43)40-15-10-26(11-16-40)28-9-5-6-14-37-28)48-36(46)41-17-12-27(13-18-41)42-22-29(38-34(42)44)25-7-3-2-4-8-25/h2-9,14,19-20,22,26-27,31H,10-13,15-18,21H2,1H3,(H,38,44)(H,39,45). The van der Waals surface area contributed by atoms with Gasteiger partial charge < -0.3 is 23.9 Å². The highest BCUT2D eigenvalue weighted by Gasteiger charge is 2.34. The van der Waals surface area contributed by atoms with Crippen LogP contribution in [0.25, 0.3) is 22.4 Å². The van der Waals surface area contributed by atoms with Gasteiger partial charge >= 0.3 is 17.5 Å². The molecule has 0 radical (unpaired) electrons. The minimum absolute atomic E-state index is 0.0706. The third-order valence-corrected chi connectivity index (χ3v) is 9.59. The van der Waals surface area contributed by atoms with Crippen LogP contribution in [0.2, 0.25) is 0 Å². The number of ether oxygens (including phenoxy) is 1. The van der Waals surface area contributed by atoms with Crippen LogP contribution >= 0.6 is 0 Å². The molecule has 1 atom stereocenters. The summed E-state index contributed by atoms with van der Waals surface area (Å²) in [5, 5.41) is 0. The summed E-state index contributed by atoms with van der Waals surface area (Å²) in [6.07, 6.45) is 4.81. The molecule has 2 N–H and O–H groups in total. The van der Waals surface area contributed by atoms with Gasteiger partial charge in [0.05, 0.1) is 11.2 Å². The van der Waals surface area contributed by atoms with Gasteiger partial charge in [0.2, 0.25) is 0 Å². The lowest BCUT2D eigenvalue weighted by atomic mass is 9.92. The third kappa shape index (κ3) is 6.55. The van der Waals surface area contributed by atoms with Crippen molar-refractivity contribution in [2.45, 2.75) is 57.1 Å². The van der Waals surface area contributed by atoms with Gasteiger partial charge in [0, 0.05) is 62.6 Å². The maximum atomic E-state index is 14.0. The Hall–Kier alpha value is -5.39. The van der Waals surface area contributed by atoms with E-state index in [2.05, 4.69) is 15.0 Å². The van der Waals surface area contributed by atoms with Crippen LogP contribution in [0.15, 0.2) is 87.1 Å². The highest BCUT2D eigenvalue weighted by atomic mass is 16.6. The van der Waals surface area contributed by atoms with E-state index in [-0.39, 0.29) is 30.0 Å². The zero-order valence-corrected chi connectivity index (χ0v) is 26.8. The van der Waals surface area contributed by atoms with Crippen molar-refractivity contribution >= 4 is 23.1 Å². The molecule has 12 nitrogen and oxygen atoms in total. The van der Waals surface area contributed by atoms with Gasteiger partial charge in [-0.1, -0.05) is 42.5 Å². The Morgan fingerprint density at radius 3 is 2.40 bits per heavy atom. The predicted octanol–water partition coefficient (Wildman–Crippen LogP) is 4.77. The number of aromatic nitrogens is 4. The number of fused-ring (bicyclic) bond motifs is 1. The van der Waals surface area contributed by atoms with Crippen molar-refractivity contribution in [2.24, 2.45) is 0 Å². The van der Waals surface area contributed by atoms with Crippen LogP contribution in [0.4, 0.5) is 4.79 Å². The van der Waals surface area contributed by atoms with E-state index < -0.39 is 18.0 Å². The summed E-state index contributed by atoms with van der Waals surface area (Å²) in [5.74, 6) is -0.546. The van der Waals surface area contributed by atoms with Gasteiger partial charge in [-0.15, -0.1) is 0 Å². The number of piperidine rings is 2. The third-order valence-electron chi connectivity index (χ3n) is 9.59. The number of rotatable bonds is 7. The zero-order chi connectivity index (χ0) is 33.2. The largest absolute Gasteiger partial charge is 0.436 e. The van der Waals surface area contributed by atoms with E-state index in [0.717, 1.165) is 40.9 Å². The van der Waals surface area contributed by atoms with Crippen LogP contribution in [0.3, 0.4) is 0 Å². The molecule has 5 heterocycles. The normalized spacial score (nSPS) is 16.7. The van der Waals surface area contributed by atoms with E-state index in [1.54, 1.807) is 26.6 Å². The molecule has 12 heteroatoms. The fraction of sp³-hybridized carbons (Fsp3) is 0.361. The number of pyridine rings is 1. The Labute approximate surface area is 276 Å². The Balaban J connectivity index is 1.04. The zero-order valence-electron chi connectivity index (χ0n) is 26.8. The van der Waals surface area contributed by atoms with Gasteiger partial charge in [-0.3, -0.25) is 19.3 Å². The summed E-state index contributed by atoms with van der Waals surface area (Å²) < 4.78 is 13.0. The van der Waals surface area contributed by atoms with E-state index in [9.17, 15) is 19.2 Å². The number of likely N-dealkylation sites (tertiary alicyclic amines) is 2. The second-order valence-electron chi connectivity index (χ2n) is 12.7. The Morgan fingerprint density at radius 2 is 1.67 bits per heavy atom. The lowest BCUT2D eigenvalue weighted by Gasteiger charge is -2.35. The van der Waals surface area contributed by atoms with Crippen LogP contribution in [0.1, 0.15) is 54.5 Å². The lowest BCUT2D eigenvalue weighted by Crippen LogP contribution is -2.48. The molecule has 2 fully saturated rings. The number of amides is 2. The summed E-state index contributed by atoms with van der Waals surface area (Å²) in [5.41, 5.74) is 5.02. The van der Waals surface area contributed by atoms with Crippen molar-refractivity contribution in [2.75, 3.05) is 26.2 Å². The van der Waals surface area contributed by atoms with Crippen molar-refractivity contribution in [3.63, 3.8) is 0 Å². The molecule has 0 aliphatic carbocycles. The molecule has 48 heavy (non-hydrogen) atoms. The number of hydrogen-bond acceptors (Lipinski definition) is 7. The van der Waals surface area contributed by atoms with Crippen molar-refractivity contribution in [1.29, 1.82) is 0 Å². The Morgan fingerprint density at radius 1 is 0.938 bits per heavy atom. The number of nitrogens with zero attached hydrogens (tertiary/aromatic N) is 4. The summed E-state index contributed by atoms with van der Waals surface area (Å²) in [6, 6.07) is 19.1. The van der Waals surface area contributed by atoms with E-state index in [1.807, 2.05) is 67.7 Å². The number of aryl methyl sites for hydroxylation is 1. The van der Waals surface area contributed by atoms with Crippen molar-refractivity contribution in [3.05, 3.63) is 111 Å². The number of aromatic amines is 2. The summed E-state index contributed by atoms with van der Waals surface area (Å²) in [6.45, 7) is 3.68. The number of imidazole rings is 1. The molecule has 2 aliphatic rings. The molecule has 3 aromatic heterocycles. The second-order valence-corrected chi connectivity index (χ2v) is 12.7. The smallest absolute Gasteiger partial charge is 0.417 e. The average Bonchev–Trinajstić information content (AvgIpc) is 3.70. The Bertz CT molecular complexity index is 2010. The molecule has 2 saturated heterocycles. The molecule has 248 valence electrons. The highest BCUT2D eigenvalue weighted by molar-refractivity contribution is 5.84. The molecule has 0 spiro atoms. The number of nitrogens with one attached hydrogen (secondary N) is 2. The number of hydrogen-bond donors (Lipinski definition) is 2. The van der Waals surface area contributed by atoms with E-state index >= 15 is 0 Å². The number of benzene rings is 2. The van der Waals surface area contributed by atoms with Gasteiger partial charge in [-0.2, -0.15) is 0 Å². The predicted molar refractivity (Wildman–Crippen MR) is 179 cm³/mol. The highest BCUT2D eigenvalue weighted by Crippen LogP contribution is 2.29. The maximum absolute atomic E-state index is 14.0. The number of carbonyl (C=O) groups excluding carboxylic acids is 2. The summed E-state index contributed by atoms with van der Waals surface area (Å²) in [7, 11) is 0. The van der Waals surface area contributed by atoms with E-state index in [4.69, 9.17) is 9.15 Å². The topological polar surface area (TPSA) is 147 Å². The van der Waals surface area contributed by atoms with Crippen molar-refractivity contribution in [1.82, 2.24) is 29.3 Å². The molecular weight excluding hydrogens is 612 g/mol. The van der Waals surface area contributed by atoms with Gasteiger partial charge in [0.25, 0.3) is 5.91 Å². The van der Waals surface area contributed by atoms with Crippen LogP contribution in [0.5, 0.6) is 0 Å². The monoisotopic (exact) mass is 650 g/mol. The molecule has 5 aromatic rings. The molecule has 2 aromatic carbocycles. The van der Waals surface area contributed by atoms with Gasteiger partial charge in [-0.05, 0) is 67.5 Å². The van der Waals surface area contributed by atoms with Gasteiger partial charge in [0.15, 0.2) is 11.7 Å². The molecule has 2 aliphatic heterocycles. The molecule has 0 saturated carbocycles. The van der Waals surface area contributed by atoms with Crippen LogP contribution in [0, 0.1) is 6.92 Å². The fourth-order valence-corrected chi connectivity index (χ4v) is 6.99. The van der Waals surface area contributed by atoms with Crippen molar-refractivity contribution in [3.8, 4) is 11.3 Å². The second kappa shape index (κ2) is 13.4. The summed E-state index contributed by atoms with van der Waals surface area (Å²) in [4.78, 5) is 65.8. The maximum Gasteiger partial charge on any atom is 0.417 e. The van der Waals surface area contributed by atoms with Gasteiger partial charge in [0.1, 0.15) is 0 Å². The lowest BCUT2D eigenvalue weighted by molar-refractivity contribution is -0.142. The first kappa shape index (κ1) is 31.2. The molecule has 2 amide bonds. The Kier molecular flexibility index (Phi) is 8.70. The average molecular weight is 651 g/mol. The molecule has 0 bridgehead atoms. The van der Waals surface area contributed by atoms with Crippen molar-refractivity contribution < 1.29 is 18.7 Å². The van der Waals surface area contributed by atoms with Gasteiger partial charge in [-0.25, -0.2) is 14.4 Å². The van der Waals surface area contributed by atoms with Crippen LogP contribution < -0.4 is 11.4 Å². The van der Waals surface area contributed by atoms with Crippen LogP contribution in [-0.4, -0.2) is 73.6 Å². The minimum atomic E-state index is -1.06. The molecular formula is C36H38N6O6. The number of oxazole rings is 1. The number of H-pyrrole nitrogens is 2. The first-order chi connectivity index (χ1) is 23.3. The van der Waals surface area contributed by atoms with Crippen LogP contribution in [-0.2, 0) is 16.0 Å². The molecule has 1 unspecified atom stereocenters. The van der Waals surface area contributed by atoms with E-state index in [0.29, 0.717) is 50.1 Å². The molecule has 7 rings (SSSR count). The number of carbonyl (C=O) groups is 2. The first-order valence-electron chi connectivity index (χ1n) is 16.5. The SMILES string of the molecule is Cc1cc(CC(OC(=O)N2CCC(n3cc(-c4ccccc4)[nH]c3=O)CC2)C(=O)N2CCC(c3ccccn3)CC2)cc2oc(=O)[nH]c12. The quantitative estimate of drug-likeness (QED) is 0.258. The van der Waals surface area contributed by atoms with E-state index in [1.165, 1.54) is 0 Å². The first-order valence-corrected chi connectivity index (χ1v) is 16.5.